The molecule has 1 N–H and O–H groups in total. The van der Waals surface area contributed by atoms with E-state index < -0.39 is 5.91 Å². The van der Waals surface area contributed by atoms with Crippen LogP contribution in [0.25, 0.3) is 0 Å². The fourth-order valence-corrected chi connectivity index (χ4v) is 2.15. The van der Waals surface area contributed by atoms with Gasteiger partial charge in [-0.3, -0.25) is 4.79 Å². The van der Waals surface area contributed by atoms with E-state index >= 15 is 0 Å². The molecular weight excluding hydrogens is 349 g/mol. The van der Waals surface area contributed by atoms with Crippen LogP contribution in [0.15, 0.2) is 47.6 Å². The second-order valence-corrected chi connectivity index (χ2v) is 5.90. The highest BCUT2D eigenvalue weighted by Crippen LogP contribution is 2.31. The molecule has 24 heavy (non-hydrogen) atoms. The third-order valence-corrected chi connectivity index (χ3v) is 3.89. The average molecular weight is 366 g/mol. The number of carbonyl (C=O) groups excluding carboxylic acids is 1. The molecule has 2 aromatic rings. The highest BCUT2D eigenvalue weighted by atomic mass is 35.5. The van der Waals surface area contributed by atoms with Crippen molar-refractivity contribution >= 4 is 41.0 Å². The Bertz CT molecular complexity index is 731. The van der Waals surface area contributed by atoms with E-state index in [1.807, 2.05) is 43.3 Å². The number of ether oxygens (including phenoxy) is 1. The van der Waals surface area contributed by atoms with E-state index in [9.17, 15) is 4.79 Å². The molecule has 2 rings (SSSR count). The van der Waals surface area contributed by atoms with Crippen molar-refractivity contribution in [1.82, 2.24) is 5.43 Å². The minimum atomic E-state index is -0.396. The number of halogens is 2. The van der Waals surface area contributed by atoms with Gasteiger partial charge in [0.2, 0.25) is 0 Å². The Labute approximate surface area is 150 Å². The minimum absolute atomic E-state index is 0.211. The van der Waals surface area contributed by atoms with Crippen LogP contribution in [-0.4, -0.2) is 32.8 Å². The zero-order valence-corrected chi connectivity index (χ0v) is 14.8. The van der Waals surface area contributed by atoms with Gasteiger partial charge in [0.1, 0.15) is 10.8 Å². The van der Waals surface area contributed by atoms with Gasteiger partial charge in [-0.2, -0.15) is 5.10 Å². The normalized spacial score (nSPS) is 10.7. The molecule has 1 amide bonds. The van der Waals surface area contributed by atoms with Gasteiger partial charge in [-0.25, -0.2) is 5.43 Å². The highest BCUT2D eigenvalue weighted by Gasteiger charge is 2.07. The molecule has 0 aromatic heterocycles. The molecule has 0 aliphatic rings. The first-order chi connectivity index (χ1) is 11.5. The molecule has 5 nitrogen and oxygen atoms in total. The smallest absolute Gasteiger partial charge is 0.277 e. The van der Waals surface area contributed by atoms with E-state index in [0.717, 1.165) is 11.3 Å². The number of hydrogen-bond donors (Lipinski definition) is 1. The second kappa shape index (κ2) is 8.57. The molecular formula is C17H17Cl2N3O2. The lowest BCUT2D eigenvalue weighted by Crippen LogP contribution is -2.24. The number of anilines is 1. The summed E-state index contributed by atoms with van der Waals surface area (Å²) in [6.45, 7) is -0.211. The molecule has 2 aromatic carbocycles. The number of amides is 1. The van der Waals surface area contributed by atoms with Crippen molar-refractivity contribution in [3.05, 3.63) is 58.1 Å². The third kappa shape index (κ3) is 5.15. The van der Waals surface area contributed by atoms with Crippen molar-refractivity contribution in [1.29, 1.82) is 0 Å². The quantitative estimate of drug-likeness (QED) is 0.628. The van der Waals surface area contributed by atoms with E-state index in [-0.39, 0.29) is 11.6 Å². The molecule has 0 spiro atoms. The van der Waals surface area contributed by atoms with Crippen LogP contribution in [0.3, 0.4) is 0 Å². The van der Waals surface area contributed by atoms with Crippen molar-refractivity contribution in [2.24, 2.45) is 5.10 Å². The molecule has 126 valence electrons. The Morgan fingerprint density at radius 2 is 1.92 bits per heavy atom. The Hall–Kier alpha value is -2.24. The summed E-state index contributed by atoms with van der Waals surface area (Å²) in [4.78, 5) is 13.7. The van der Waals surface area contributed by atoms with Gasteiger partial charge in [-0.05, 0) is 29.8 Å². The number of rotatable bonds is 6. The van der Waals surface area contributed by atoms with Crippen molar-refractivity contribution in [2.75, 3.05) is 25.6 Å². The molecule has 0 radical (unpaired) electrons. The lowest BCUT2D eigenvalue weighted by molar-refractivity contribution is -0.123. The number of benzene rings is 2. The summed E-state index contributed by atoms with van der Waals surface area (Å²) in [5, 5.41) is 4.53. The van der Waals surface area contributed by atoms with Gasteiger partial charge in [0.15, 0.2) is 6.61 Å². The van der Waals surface area contributed by atoms with Crippen LogP contribution < -0.4 is 15.1 Å². The Morgan fingerprint density at radius 3 is 2.58 bits per heavy atom. The van der Waals surface area contributed by atoms with Gasteiger partial charge in [-0.1, -0.05) is 41.4 Å². The summed E-state index contributed by atoms with van der Waals surface area (Å²) in [5.74, 6) is -0.0465. The number of hydrazone groups is 1. The molecule has 0 saturated carbocycles. The minimum Gasteiger partial charge on any atom is -0.482 e. The lowest BCUT2D eigenvalue weighted by atomic mass is 10.2. The summed E-state index contributed by atoms with van der Waals surface area (Å²) >= 11 is 11.8. The van der Waals surface area contributed by atoms with Gasteiger partial charge < -0.3 is 9.64 Å². The first-order valence-corrected chi connectivity index (χ1v) is 7.89. The van der Waals surface area contributed by atoms with Crippen LogP contribution in [0, 0.1) is 0 Å². The maximum Gasteiger partial charge on any atom is 0.277 e. The Kier molecular flexibility index (Phi) is 6.46. The van der Waals surface area contributed by atoms with Crippen LogP contribution in [0.1, 0.15) is 5.56 Å². The third-order valence-electron chi connectivity index (χ3n) is 3.09. The van der Waals surface area contributed by atoms with Gasteiger partial charge in [0, 0.05) is 19.8 Å². The Morgan fingerprint density at radius 1 is 1.21 bits per heavy atom. The van der Waals surface area contributed by atoms with Crippen LogP contribution in [0.4, 0.5) is 5.69 Å². The number of nitrogens with zero attached hydrogens (tertiary/aromatic N) is 2. The first-order valence-electron chi connectivity index (χ1n) is 7.13. The highest BCUT2D eigenvalue weighted by molar-refractivity contribution is 6.42. The van der Waals surface area contributed by atoms with Gasteiger partial charge >= 0.3 is 0 Å². The van der Waals surface area contributed by atoms with Crippen molar-refractivity contribution in [2.45, 2.75) is 0 Å². The molecule has 0 aliphatic carbocycles. The van der Waals surface area contributed by atoms with Gasteiger partial charge in [0.25, 0.3) is 5.91 Å². The molecule has 0 heterocycles. The first kappa shape index (κ1) is 18.1. The zero-order valence-electron chi connectivity index (χ0n) is 13.3. The predicted molar refractivity (Wildman–Crippen MR) is 98.5 cm³/mol. The number of hydrogen-bond acceptors (Lipinski definition) is 4. The summed E-state index contributed by atoms with van der Waals surface area (Å²) in [6.07, 6.45) is 1.56. The van der Waals surface area contributed by atoms with E-state index in [0.29, 0.717) is 10.8 Å². The topological polar surface area (TPSA) is 53.9 Å². The SMILES string of the molecule is CN(C)c1ccc(/C=N/NC(=O)COc2cccc(Cl)c2Cl)cc1. The largest absolute Gasteiger partial charge is 0.482 e. The standard InChI is InChI=1S/C17H17Cl2N3O2/c1-22(2)13-8-6-12(7-9-13)10-20-21-16(23)11-24-15-5-3-4-14(18)17(15)19/h3-10H,11H2,1-2H3,(H,21,23)/b20-10+. The van der Waals surface area contributed by atoms with Crippen LogP contribution >= 0.6 is 23.2 Å². The monoisotopic (exact) mass is 365 g/mol. The molecule has 0 unspecified atom stereocenters. The molecule has 0 atom stereocenters. The molecule has 0 fully saturated rings. The molecule has 0 aliphatic heterocycles. The summed E-state index contributed by atoms with van der Waals surface area (Å²) in [5.41, 5.74) is 4.35. The maximum atomic E-state index is 11.7. The Balaban J connectivity index is 1.83. The number of carbonyl (C=O) groups is 1. The second-order valence-electron chi connectivity index (χ2n) is 5.12. The van der Waals surface area contributed by atoms with E-state index in [4.69, 9.17) is 27.9 Å². The fraction of sp³-hybridized carbons (Fsp3) is 0.176. The predicted octanol–water partition coefficient (Wildman–Crippen LogP) is 3.59. The summed E-state index contributed by atoms with van der Waals surface area (Å²) < 4.78 is 5.32. The van der Waals surface area contributed by atoms with E-state index in [1.165, 1.54) is 0 Å². The average Bonchev–Trinajstić information content (AvgIpc) is 2.56. The molecule has 7 heteroatoms. The van der Waals surface area contributed by atoms with E-state index in [2.05, 4.69) is 10.5 Å². The fourth-order valence-electron chi connectivity index (χ4n) is 1.81. The number of nitrogens with one attached hydrogen (secondary N) is 1. The van der Waals surface area contributed by atoms with Crippen LogP contribution in [-0.2, 0) is 4.79 Å². The summed E-state index contributed by atoms with van der Waals surface area (Å²) in [7, 11) is 3.94. The molecule has 0 bridgehead atoms. The van der Waals surface area contributed by atoms with Crippen molar-refractivity contribution in [3.63, 3.8) is 0 Å². The van der Waals surface area contributed by atoms with Crippen LogP contribution in [0.5, 0.6) is 5.75 Å². The van der Waals surface area contributed by atoms with Crippen molar-refractivity contribution < 1.29 is 9.53 Å². The van der Waals surface area contributed by atoms with E-state index in [1.54, 1.807) is 24.4 Å². The van der Waals surface area contributed by atoms with Crippen molar-refractivity contribution in [3.8, 4) is 5.75 Å². The zero-order chi connectivity index (χ0) is 17.5. The van der Waals surface area contributed by atoms with Gasteiger partial charge in [-0.15, -0.1) is 0 Å². The maximum absolute atomic E-state index is 11.7. The van der Waals surface area contributed by atoms with Gasteiger partial charge in [0.05, 0.1) is 11.2 Å². The lowest BCUT2D eigenvalue weighted by Gasteiger charge is -2.11. The summed E-state index contributed by atoms with van der Waals surface area (Å²) in [6, 6.07) is 12.7. The van der Waals surface area contributed by atoms with Crippen LogP contribution in [0.2, 0.25) is 10.0 Å². The molecule has 0 saturated heterocycles.